The molecular formula is C14H18N2O. The Morgan fingerprint density at radius 2 is 1.94 bits per heavy atom. The van der Waals surface area contributed by atoms with Crippen molar-refractivity contribution in [3.8, 4) is 6.01 Å². The molecule has 0 aliphatic heterocycles. The number of para-hydroxylation sites is 1. The first-order valence-corrected chi connectivity index (χ1v) is 6.14. The molecule has 0 saturated carbocycles. The van der Waals surface area contributed by atoms with E-state index in [2.05, 4.69) is 23.0 Å². The van der Waals surface area contributed by atoms with E-state index in [0.717, 1.165) is 23.0 Å². The summed E-state index contributed by atoms with van der Waals surface area (Å²) in [5.74, 6) is 0. The number of rotatable bonds is 5. The van der Waals surface area contributed by atoms with E-state index < -0.39 is 0 Å². The number of nitrogens with zero attached hydrogens (tertiary/aromatic N) is 2. The molecule has 0 fully saturated rings. The highest BCUT2D eigenvalue weighted by Crippen LogP contribution is 2.20. The van der Waals surface area contributed by atoms with Gasteiger partial charge in [-0.2, -0.15) is 9.97 Å². The Hall–Kier alpha value is -1.64. The summed E-state index contributed by atoms with van der Waals surface area (Å²) in [5, 5.41) is 1.14. The second kappa shape index (κ2) is 5.62. The van der Waals surface area contributed by atoms with Crippen LogP contribution in [0.5, 0.6) is 6.01 Å². The highest BCUT2D eigenvalue weighted by Gasteiger charge is 2.06. The number of aryl methyl sites for hydroxylation is 1. The Bertz CT molecular complexity index is 497. The SMILES string of the molecule is CCCCCc1nc(OC)nc2ccccc12. The van der Waals surface area contributed by atoms with Crippen LogP contribution in [-0.4, -0.2) is 17.1 Å². The number of ether oxygens (including phenoxy) is 1. The highest BCUT2D eigenvalue weighted by atomic mass is 16.5. The fourth-order valence-corrected chi connectivity index (χ4v) is 1.94. The number of hydrogen-bond donors (Lipinski definition) is 0. The maximum atomic E-state index is 5.15. The van der Waals surface area contributed by atoms with Gasteiger partial charge in [0.25, 0.3) is 0 Å². The van der Waals surface area contributed by atoms with Crippen molar-refractivity contribution < 1.29 is 4.74 Å². The van der Waals surface area contributed by atoms with Crippen molar-refractivity contribution in [2.24, 2.45) is 0 Å². The van der Waals surface area contributed by atoms with E-state index in [1.807, 2.05) is 18.2 Å². The Labute approximate surface area is 102 Å². The van der Waals surface area contributed by atoms with Gasteiger partial charge in [-0.3, -0.25) is 0 Å². The van der Waals surface area contributed by atoms with Crippen molar-refractivity contribution in [3.63, 3.8) is 0 Å². The molecule has 0 bridgehead atoms. The van der Waals surface area contributed by atoms with E-state index in [-0.39, 0.29) is 0 Å². The number of fused-ring (bicyclic) bond motifs is 1. The Morgan fingerprint density at radius 1 is 1.12 bits per heavy atom. The van der Waals surface area contributed by atoms with E-state index in [0.29, 0.717) is 6.01 Å². The molecule has 0 radical (unpaired) electrons. The van der Waals surface area contributed by atoms with Crippen LogP contribution in [0.15, 0.2) is 24.3 Å². The summed E-state index contributed by atoms with van der Waals surface area (Å²) in [6, 6.07) is 8.57. The van der Waals surface area contributed by atoms with Gasteiger partial charge in [0, 0.05) is 5.39 Å². The van der Waals surface area contributed by atoms with Crippen LogP contribution in [0, 0.1) is 0 Å². The molecule has 0 N–H and O–H groups in total. The second-order valence-electron chi connectivity index (χ2n) is 4.13. The highest BCUT2D eigenvalue weighted by molar-refractivity contribution is 5.81. The van der Waals surface area contributed by atoms with Crippen LogP contribution in [0.3, 0.4) is 0 Å². The van der Waals surface area contributed by atoms with Crippen molar-refractivity contribution >= 4 is 10.9 Å². The average Bonchev–Trinajstić information content (AvgIpc) is 2.38. The summed E-state index contributed by atoms with van der Waals surface area (Å²) in [7, 11) is 1.61. The first-order chi connectivity index (χ1) is 8.35. The summed E-state index contributed by atoms with van der Waals surface area (Å²) < 4.78 is 5.15. The van der Waals surface area contributed by atoms with Crippen molar-refractivity contribution in [3.05, 3.63) is 30.0 Å². The molecule has 0 aliphatic rings. The summed E-state index contributed by atoms with van der Waals surface area (Å²) in [6.07, 6.45) is 4.62. The lowest BCUT2D eigenvalue weighted by Crippen LogP contribution is -1.99. The molecule has 0 spiro atoms. The third kappa shape index (κ3) is 2.73. The van der Waals surface area contributed by atoms with Crippen LogP contribution in [0.2, 0.25) is 0 Å². The van der Waals surface area contributed by atoms with Gasteiger partial charge in [0.05, 0.1) is 18.3 Å². The van der Waals surface area contributed by atoms with Crippen LogP contribution in [0.4, 0.5) is 0 Å². The van der Waals surface area contributed by atoms with E-state index in [9.17, 15) is 0 Å². The van der Waals surface area contributed by atoms with E-state index in [1.165, 1.54) is 19.3 Å². The van der Waals surface area contributed by atoms with Gasteiger partial charge in [0.2, 0.25) is 0 Å². The zero-order valence-corrected chi connectivity index (χ0v) is 10.4. The van der Waals surface area contributed by atoms with Gasteiger partial charge >= 0.3 is 6.01 Å². The van der Waals surface area contributed by atoms with Gasteiger partial charge in [-0.25, -0.2) is 0 Å². The summed E-state index contributed by atoms with van der Waals surface area (Å²) in [6.45, 7) is 2.21. The lowest BCUT2D eigenvalue weighted by molar-refractivity contribution is 0.380. The van der Waals surface area contributed by atoms with Crippen molar-refractivity contribution in [1.82, 2.24) is 9.97 Å². The second-order valence-corrected chi connectivity index (χ2v) is 4.13. The quantitative estimate of drug-likeness (QED) is 0.739. The molecule has 1 heterocycles. The molecule has 0 unspecified atom stereocenters. The van der Waals surface area contributed by atoms with E-state index in [4.69, 9.17) is 4.74 Å². The van der Waals surface area contributed by atoms with Gasteiger partial charge in [-0.15, -0.1) is 0 Å². The molecule has 1 aromatic heterocycles. The molecule has 0 atom stereocenters. The van der Waals surface area contributed by atoms with E-state index >= 15 is 0 Å². The maximum absolute atomic E-state index is 5.15. The number of hydrogen-bond acceptors (Lipinski definition) is 3. The minimum absolute atomic E-state index is 0.468. The summed E-state index contributed by atoms with van der Waals surface area (Å²) >= 11 is 0. The van der Waals surface area contributed by atoms with Crippen LogP contribution < -0.4 is 4.74 Å². The molecule has 0 saturated heterocycles. The molecule has 3 heteroatoms. The zero-order chi connectivity index (χ0) is 12.1. The molecule has 1 aromatic carbocycles. The van der Waals surface area contributed by atoms with Gasteiger partial charge in [0.1, 0.15) is 0 Å². The molecule has 2 aromatic rings. The summed E-state index contributed by atoms with van der Waals surface area (Å²) in [5.41, 5.74) is 2.06. The standard InChI is InChI=1S/C14H18N2O/c1-3-4-5-9-12-11-8-6-7-10-13(11)16-14(15-12)17-2/h6-8,10H,3-5,9H2,1-2H3. The Morgan fingerprint density at radius 3 is 2.71 bits per heavy atom. The monoisotopic (exact) mass is 230 g/mol. The lowest BCUT2D eigenvalue weighted by Gasteiger charge is -2.07. The minimum atomic E-state index is 0.468. The van der Waals surface area contributed by atoms with Gasteiger partial charge in [-0.1, -0.05) is 38.0 Å². The van der Waals surface area contributed by atoms with Crippen molar-refractivity contribution in [2.75, 3.05) is 7.11 Å². The van der Waals surface area contributed by atoms with Crippen LogP contribution in [0.25, 0.3) is 10.9 Å². The Kier molecular flexibility index (Phi) is 3.91. The largest absolute Gasteiger partial charge is 0.467 e. The van der Waals surface area contributed by atoms with Crippen LogP contribution >= 0.6 is 0 Å². The molecule has 0 amide bonds. The fourth-order valence-electron chi connectivity index (χ4n) is 1.94. The van der Waals surface area contributed by atoms with Gasteiger partial charge in [0.15, 0.2) is 0 Å². The van der Waals surface area contributed by atoms with Crippen molar-refractivity contribution in [1.29, 1.82) is 0 Å². The van der Waals surface area contributed by atoms with Crippen molar-refractivity contribution in [2.45, 2.75) is 32.6 Å². The number of benzene rings is 1. The first-order valence-electron chi connectivity index (χ1n) is 6.14. The van der Waals surface area contributed by atoms with Gasteiger partial charge < -0.3 is 4.74 Å². The maximum Gasteiger partial charge on any atom is 0.316 e. The smallest absolute Gasteiger partial charge is 0.316 e. The predicted octanol–water partition coefficient (Wildman–Crippen LogP) is 3.37. The number of aromatic nitrogens is 2. The van der Waals surface area contributed by atoms with Crippen LogP contribution in [-0.2, 0) is 6.42 Å². The molecule has 17 heavy (non-hydrogen) atoms. The topological polar surface area (TPSA) is 35.0 Å². The third-order valence-corrected chi connectivity index (χ3v) is 2.86. The van der Waals surface area contributed by atoms with E-state index in [1.54, 1.807) is 7.11 Å². The van der Waals surface area contributed by atoms with Gasteiger partial charge in [-0.05, 0) is 18.9 Å². The zero-order valence-electron chi connectivity index (χ0n) is 10.4. The average molecular weight is 230 g/mol. The molecular weight excluding hydrogens is 212 g/mol. The molecule has 2 rings (SSSR count). The number of unbranched alkanes of at least 4 members (excludes halogenated alkanes) is 2. The minimum Gasteiger partial charge on any atom is -0.467 e. The third-order valence-electron chi connectivity index (χ3n) is 2.86. The molecule has 90 valence electrons. The first kappa shape index (κ1) is 11.8. The van der Waals surface area contributed by atoms with Crippen LogP contribution in [0.1, 0.15) is 31.9 Å². The molecule has 3 nitrogen and oxygen atoms in total. The molecule has 0 aliphatic carbocycles. The predicted molar refractivity (Wildman–Crippen MR) is 69.3 cm³/mol. The Balaban J connectivity index is 2.36. The lowest BCUT2D eigenvalue weighted by atomic mass is 10.1. The number of methoxy groups -OCH3 is 1. The summed E-state index contributed by atoms with van der Waals surface area (Å²) in [4.78, 5) is 8.81. The normalized spacial score (nSPS) is 10.7. The fraction of sp³-hybridized carbons (Fsp3) is 0.429.